The maximum Gasteiger partial charge on any atom is 0.332 e. The zero-order chi connectivity index (χ0) is 10.1. The van der Waals surface area contributed by atoms with Gasteiger partial charge in [-0.3, -0.25) is 4.90 Å². The molecule has 0 aromatic heterocycles. The molecule has 0 unspecified atom stereocenters. The highest BCUT2D eigenvalue weighted by Gasteiger charge is 2.43. The van der Waals surface area contributed by atoms with Gasteiger partial charge in [0, 0.05) is 25.2 Å². The zero-order valence-corrected chi connectivity index (χ0v) is 7.16. The molecule has 0 aliphatic carbocycles. The van der Waals surface area contributed by atoms with Crippen molar-refractivity contribution < 1.29 is 19.4 Å². The normalized spacial score (nSPS) is 20.8. The van der Waals surface area contributed by atoms with E-state index < -0.39 is 18.2 Å². The first-order chi connectivity index (χ1) is 5.97. The maximum atomic E-state index is 13.1. The second-order valence-corrected chi connectivity index (χ2v) is 3.36. The highest BCUT2D eigenvalue weighted by Crippen LogP contribution is 2.24. The van der Waals surface area contributed by atoms with Crippen molar-refractivity contribution >= 4 is 5.97 Å². The Kier molecular flexibility index (Phi) is 2.68. The second kappa shape index (κ2) is 3.43. The van der Waals surface area contributed by atoms with Gasteiger partial charge in [-0.2, -0.15) is 0 Å². The van der Waals surface area contributed by atoms with Crippen LogP contribution in [-0.4, -0.2) is 53.0 Å². The number of likely N-dealkylation sites (tertiary alicyclic amines) is 1. The second-order valence-electron chi connectivity index (χ2n) is 3.36. The molecular weight excluding hydrogens is 177 g/mol. The lowest BCUT2D eigenvalue weighted by Gasteiger charge is -2.43. The van der Waals surface area contributed by atoms with Gasteiger partial charge in [0.25, 0.3) is 0 Å². The van der Waals surface area contributed by atoms with E-state index in [9.17, 15) is 9.18 Å². The van der Waals surface area contributed by atoms with E-state index in [4.69, 9.17) is 10.2 Å². The first-order valence-electron chi connectivity index (χ1n) is 3.90. The summed E-state index contributed by atoms with van der Waals surface area (Å²) in [5, 5.41) is 17.0. The van der Waals surface area contributed by atoms with Crippen LogP contribution in [0.2, 0.25) is 0 Å². The highest BCUT2D eigenvalue weighted by molar-refractivity contribution is 5.86. The van der Waals surface area contributed by atoms with Crippen LogP contribution < -0.4 is 0 Å². The number of hydrogen-bond donors (Lipinski definition) is 2. The Morgan fingerprint density at radius 3 is 2.54 bits per heavy atom. The van der Waals surface area contributed by atoms with Gasteiger partial charge in [-0.05, 0) is 0 Å². The summed E-state index contributed by atoms with van der Waals surface area (Å²) in [5.74, 6) is -1.07. The predicted molar refractivity (Wildman–Crippen MR) is 44.1 cm³/mol. The molecule has 0 spiro atoms. The average molecular weight is 189 g/mol. The van der Waals surface area contributed by atoms with Crippen LogP contribution in [0.4, 0.5) is 4.39 Å². The summed E-state index contributed by atoms with van der Waals surface area (Å²) in [6.07, 6.45) is 0. The molecule has 1 fully saturated rings. The molecule has 1 heterocycles. The maximum absolute atomic E-state index is 13.1. The summed E-state index contributed by atoms with van der Waals surface area (Å²) < 4.78 is 13.1. The SMILES string of the molecule is C=C(CN1CC(F)(CO)C1)C(=O)O. The molecule has 0 atom stereocenters. The number of alkyl halides is 1. The van der Waals surface area contributed by atoms with Crippen LogP contribution >= 0.6 is 0 Å². The van der Waals surface area contributed by atoms with Gasteiger partial charge >= 0.3 is 5.97 Å². The van der Waals surface area contributed by atoms with E-state index in [-0.39, 0.29) is 25.2 Å². The lowest BCUT2D eigenvalue weighted by atomic mass is 9.97. The third-order valence-electron chi connectivity index (χ3n) is 2.01. The number of aliphatic hydroxyl groups is 1. The van der Waals surface area contributed by atoms with Gasteiger partial charge in [-0.25, -0.2) is 9.18 Å². The van der Waals surface area contributed by atoms with Crippen molar-refractivity contribution in [3.63, 3.8) is 0 Å². The minimum Gasteiger partial charge on any atom is -0.478 e. The standard InChI is InChI=1S/C8H12FNO3/c1-6(7(12)13)2-10-3-8(9,4-10)5-11/h11H,1-5H2,(H,12,13). The summed E-state index contributed by atoms with van der Waals surface area (Å²) in [6, 6.07) is 0. The Labute approximate surface area is 75.3 Å². The predicted octanol–water partition coefficient (Wildman–Crippen LogP) is -0.357. The molecule has 74 valence electrons. The first kappa shape index (κ1) is 10.1. The van der Waals surface area contributed by atoms with Crippen LogP contribution in [-0.2, 0) is 4.79 Å². The Morgan fingerprint density at radius 1 is 1.62 bits per heavy atom. The minimum atomic E-state index is -1.54. The fourth-order valence-electron chi connectivity index (χ4n) is 1.30. The first-order valence-corrected chi connectivity index (χ1v) is 3.90. The van der Waals surface area contributed by atoms with Crippen molar-refractivity contribution in [1.82, 2.24) is 4.90 Å². The third kappa shape index (κ3) is 2.26. The molecule has 13 heavy (non-hydrogen) atoms. The molecule has 0 amide bonds. The molecule has 5 heteroatoms. The molecule has 1 aliphatic heterocycles. The van der Waals surface area contributed by atoms with Gasteiger partial charge in [0.1, 0.15) is 0 Å². The van der Waals surface area contributed by atoms with Gasteiger partial charge in [0.15, 0.2) is 5.67 Å². The molecule has 0 aromatic rings. The molecule has 4 nitrogen and oxygen atoms in total. The molecule has 0 radical (unpaired) electrons. The number of aliphatic carboxylic acids is 1. The van der Waals surface area contributed by atoms with E-state index >= 15 is 0 Å². The van der Waals surface area contributed by atoms with Gasteiger partial charge < -0.3 is 10.2 Å². The summed E-state index contributed by atoms with van der Waals surface area (Å²) in [7, 11) is 0. The Hall–Kier alpha value is -0.940. The number of halogens is 1. The average Bonchev–Trinajstić information content (AvgIpc) is 2.01. The lowest BCUT2D eigenvalue weighted by molar-refractivity contribution is -0.133. The Balaban J connectivity index is 2.29. The molecule has 0 aromatic carbocycles. The molecule has 1 aliphatic rings. The summed E-state index contributed by atoms with van der Waals surface area (Å²) in [5.41, 5.74) is -1.50. The van der Waals surface area contributed by atoms with Gasteiger partial charge in [0.2, 0.25) is 0 Å². The zero-order valence-electron chi connectivity index (χ0n) is 7.16. The lowest BCUT2D eigenvalue weighted by Crippen LogP contribution is -2.61. The van der Waals surface area contributed by atoms with Crippen molar-refractivity contribution in [2.75, 3.05) is 26.2 Å². The van der Waals surface area contributed by atoms with Crippen molar-refractivity contribution in [1.29, 1.82) is 0 Å². The third-order valence-corrected chi connectivity index (χ3v) is 2.01. The van der Waals surface area contributed by atoms with Crippen molar-refractivity contribution in [2.45, 2.75) is 5.67 Å². The number of nitrogens with zero attached hydrogens (tertiary/aromatic N) is 1. The van der Waals surface area contributed by atoms with E-state index in [0.29, 0.717) is 0 Å². The van der Waals surface area contributed by atoms with Crippen LogP contribution in [0.25, 0.3) is 0 Å². The number of hydrogen-bond acceptors (Lipinski definition) is 3. The van der Waals surface area contributed by atoms with E-state index in [1.165, 1.54) is 0 Å². The number of carbonyl (C=O) groups is 1. The fraction of sp³-hybridized carbons (Fsp3) is 0.625. The van der Waals surface area contributed by atoms with E-state index in [2.05, 4.69) is 6.58 Å². The van der Waals surface area contributed by atoms with Crippen molar-refractivity contribution in [2.24, 2.45) is 0 Å². The molecule has 0 bridgehead atoms. The van der Waals surface area contributed by atoms with Crippen molar-refractivity contribution in [3.05, 3.63) is 12.2 Å². The fourth-order valence-corrected chi connectivity index (χ4v) is 1.30. The summed E-state index contributed by atoms with van der Waals surface area (Å²) in [4.78, 5) is 11.9. The largest absolute Gasteiger partial charge is 0.478 e. The monoisotopic (exact) mass is 189 g/mol. The minimum absolute atomic E-state index is 0.0417. The van der Waals surface area contributed by atoms with Gasteiger partial charge in [-0.15, -0.1) is 0 Å². The van der Waals surface area contributed by atoms with Crippen LogP contribution in [0, 0.1) is 0 Å². The van der Waals surface area contributed by atoms with Crippen LogP contribution in [0.3, 0.4) is 0 Å². The van der Waals surface area contributed by atoms with Crippen LogP contribution in [0.1, 0.15) is 0 Å². The Bertz CT molecular complexity index is 236. The highest BCUT2D eigenvalue weighted by atomic mass is 19.1. The summed E-state index contributed by atoms with van der Waals surface area (Å²) >= 11 is 0. The van der Waals surface area contributed by atoms with Crippen LogP contribution in [0.5, 0.6) is 0 Å². The summed E-state index contributed by atoms with van der Waals surface area (Å²) in [6.45, 7) is 3.12. The number of carboxylic acid groups (broad SMARTS) is 1. The number of aliphatic hydroxyl groups excluding tert-OH is 1. The number of rotatable bonds is 4. The quantitative estimate of drug-likeness (QED) is 0.593. The molecular formula is C8H12FNO3. The molecule has 0 saturated carbocycles. The van der Waals surface area contributed by atoms with E-state index in [1.54, 1.807) is 4.90 Å². The van der Waals surface area contributed by atoms with Gasteiger partial charge in [-0.1, -0.05) is 6.58 Å². The van der Waals surface area contributed by atoms with Gasteiger partial charge in [0.05, 0.1) is 6.61 Å². The Morgan fingerprint density at radius 2 is 2.15 bits per heavy atom. The van der Waals surface area contributed by atoms with E-state index in [0.717, 1.165) is 0 Å². The topological polar surface area (TPSA) is 60.8 Å². The number of carboxylic acids is 1. The van der Waals surface area contributed by atoms with Crippen molar-refractivity contribution in [3.8, 4) is 0 Å². The van der Waals surface area contributed by atoms with E-state index in [1.807, 2.05) is 0 Å². The molecule has 1 saturated heterocycles. The molecule has 1 rings (SSSR count). The smallest absolute Gasteiger partial charge is 0.332 e. The van der Waals surface area contributed by atoms with Crippen LogP contribution in [0.15, 0.2) is 12.2 Å². The molecule has 2 N–H and O–H groups in total.